The summed E-state index contributed by atoms with van der Waals surface area (Å²) in [6.07, 6.45) is -0.230. The topological polar surface area (TPSA) is 75.6 Å². The van der Waals surface area contributed by atoms with Crippen LogP contribution in [0, 0.1) is 0 Å². The molecule has 1 amide bonds. The number of carboxylic acids is 1. The van der Waals surface area contributed by atoms with Crippen LogP contribution in [0.3, 0.4) is 0 Å². The molecule has 0 unspecified atom stereocenters. The Morgan fingerprint density at radius 1 is 1.53 bits per heavy atom. The van der Waals surface area contributed by atoms with Gasteiger partial charge in [0.1, 0.15) is 5.60 Å². The number of alkyl carbamates (subject to hydrolysis) is 1. The number of hydrogen-bond donors (Lipinski definition) is 2. The highest BCUT2D eigenvalue weighted by Crippen LogP contribution is 2.43. The Bertz CT molecular complexity index is 299. The van der Waals surface area contributed by atoms with Gasteiger partial charge in [0.25, 0.3) is 0 Å². The van der Waals surface area contributed by atoms with Crippen molar-refractivity contribution in [2.45, 2.75) is 42.3 Å². The lowest BCUT2D eigenvalue weighted by Gasteiger charge is -2.21. The van der Waals surface area contributed by atoms with E-state index in [9.17, 15) is 9.59 Å². The van der Waals surface area contributed by atoms with Crippen molar-refractivity contribution >= 4 is 34.7 Å². The Morgan fingerprint density at radius 3 is 2.27 bits per heavy atom. The number of aliphatic carboxylic acids is 1. The van der Waals surface area contributed by atoms with Gasteiger partial charge in [0.2, 0.25) is 0 Å². The quantitative estimate of drug-likeness (QED) is 0.596. The Hall–Kier alpha value is -0.530. The second-order valence-corrected chi connectivity index (χ2v) is 6.08. The van der Waals surface area contributed by atoms with Gasteiger partial charge in [-0.15, -0.1) is 0 Å². The molecule has 5 nitrogen and oxygen atoms in total. The van der Waals surface area contributed by atoms with Gasteiger partial charge < -0.3 is 15.2 Å². The highest BCUT2D eigenvalue weighted by molar-refractivity contribution is 14.1. The van der Waals surface area contributed by atoms with Crippen LogP contribution < -0.4 is 5.32 Å². The van der Waals surface area contributed by atoms with Gasteiger partial charge in [-0.1, -0.05) is 22.6 Å². The van der Waals surface area contributed by atoms with Gasteiger partial charge in [-0.3, -0.25) is 0 Å². The summed E-state index contributed by atoms with van der Waals surface area (Å²) in [5, 5.41) is 11.4. The van der Waals surface area contributed by atoms with Gasteiger partial charge in [0.05, 0.1) is 0 Å². The molecule has 1 aliphatic carbocycles. The fourth-order valence-corrected chi connectivity index (χ4v) is 2.23. The smallest absolute Gasteiger partial charge is 0.408 e. The Morgan fingerprint density at radius 2 is 2.00 bits per heavy atom. The minimum Gasteiger partial charge on any atom is -0.479 e. The number of hydrogen-bond acceptors (Lipinski definition) is 3. The highest BCUT2D eigenvalue weighted by Gasteiger charge is 2.61. The lowest BCUT2D eigenvalue weighted by atomic mass is 10.2. The maximum absolute atomic E-state index is 11.4. The van der Waals surface area contributed by atoms with Crippen LogP contribution in [0.15, 0.2) is 0 Å². The minimum atomic E-state index is -1.12. The van der Waals surface area contributed by atoms with Crippen molar-refractivity contribution in [3.05, 3.63) is 0 Å². The van der Waals surface area contributed by atoms with E-state index in [0.29, 0.717) is 6.42 Å². The molecule has 0 bridgehead atoms. The summed E-state index contributed by atoms with van der Waals surface area (Å²) in [7, 11) is 0. The molecule has 0 saturated heterocycles. The molecule has 1 saturated carbocycles. The normalized spacial score (nSPS) is 29.5. The molecule has 0 aromatic heterocycles. The number of alkyl halides is 1. The van der Waals surface area contributed by atoms with Crippen molar-refractivity contribution in [1.29, 1.82) is 0 Å². The summed E-state index contributed by atoms with van der Waals surface area (Å²) in [5.74, 6) is -1.01. The average molecular weight is 327 g/mol. The molecule has 15 heavy (non-hydrogen) atoms. The number of rotatable bonds is 2. The number of amides is 1. The van der Waals surface area contributed by atoms with Crippen LogP contribution >= 0.6 is 22.6 Å². The summed E-state index contributed by atoms with van der Waals surface area (Å²) in [5.41, 5.74) is -1.73. The predicted octanol–water partition coefficient (Wildman–Crippen LogP) is 1.54. The van der Waals surface area contributed by atoms with Crippen LogP contribution in [-0.2, 0) is 9.53 Å². The second kappa shape index (κ2) is 3.80. The monoisotopic (exact) mass is 327 g/mol. The van der Waals surface area contributed by atoms with Crippen LogP contribution in [0.2, 0.25) is 0 Å². The summed E-state index contributed by atoms with van der Waals surface area (Å²) >= 11 is 2.00. The van der Waals surface area contributed by atoms with E-state index in [1.165, 1.54) is 0 Å². The number of carbonyl (C=O) groups is 2. The Kier molecular flexibility index (Phi) is 3.18. The van der Waals surface area contributed by atoms with E-state index in [-0.39, 0.29) is 3.92 Å². The minimum absolute atomic E-state index is 0.0693. The third-order valence-electron chi connectivity index (χ3n) is 1.98. The molecule has 2 atom stereocenters. The zero-order chi connectivity index (χ0) is 11.9. The number of carboxylic acid groups (broad SMARTS) is 1. The first-order valence-corrected chi connectivity index (χ1v) is 5.80. The molecule has 1 fully saturated rings. The largest absolute Gasteiger partial charge is 0.479 e. The average Bonchev–Trinajstić information content (AvgIpc) is 2.57. The molecule has 0 radical (unpaired) electrons. The summed E-state index contributed by atoms with van der Waals surface area (Å²) in [4.78, 5) is 22.3. The highest BCUT2D eigenvalue weighted by atomic mass is 127. The van der Waals surface area contributed by atoms with E-state index < -0.39 is 23.2 Å². The fourth-order valence-electron chi connectivity index (χ4n) is 1.11. The molecule has 0 heterocycles. The molecule has 0 aromatic rings. The van der Waals surface area contributed by atoms with Crippen LogP contribution in [0.5, 0.6) is 0 Å². The lowest BCUT2D eigenvalue weighted by Crippen LogP contribution is -2.47. The van der Waals surface area contributed by atoms with Crippen molar-refractivity contribution in [3.8, 4) is 0 Å². The van der Waals surface area contributed by atoms with Crippen molar-refractivity contribution in [2.24, 2.45) is 0 Å². The third kappa shape index (κ3) is 2.96. The first-order valence-electron chi connectivity index (χ1n) is 4.56. The van der Waals surface area contributed by atoms with E-state index in [0.717, 1.165) is 0 Å². The molecule has 0 aliphatic heterocycles. The summed E-state index contributed by atoms with van der Waals surface area (Å²) in [6, 6.07) is 0. The van der Waals surface area contributed by atoms with Gasteiger partial charge >= 0.3 is 12.1 Å². The van der Waals surface area contributed by atoms with E-state index >= 15 is 0 Å². The van der Waals surface area contributed by atoms with Crippen LogP contribution in [0.1, 0.15) is 27.2 Å². The molecular formula is C9H14INO4. The summed E-state index contributed by atoms with van der Waals surface area (Å²) < 4.78 is 4.93. The first kappa shape index (κ1) is 12.5. The van der Waals surface area contributed by atoms with Crippen molar-refractivity contribution < 1.29 is 19.4 Å². The Labute approximate surface area is 102 Å². The Balaban J connectivity index is 2.56. The molecule has 0 aromatic carbocycles. The van der Waals surface area contributed by atoms with Crippen molar-refractivity contribution in [1.82, 2.24) is 5.32 Å². The maximum atomic E-state index is 11.4. The molecular weight excluding hydrogens is 313 g/mol. The maximum Gasteiger partial charge on any atom is 0.408 e. The first-order chi connectivity index (χ1) is 6.67. The van der Waals surface area contributed by atoms with Crippen molar-refractivity contribution in [2.75, 3.05) is 0 Å². The third-order valence-corrected chi connectivity index (χ3v) is 3.49. The second-order valence-electron chi connectivity index (χ2n) is 4.58. The van der Waals surface area contributed by atoms with E-state index in [4.69, 9.17) is 9.84 Å². The van der Waals surface area contributed by atoms with Gasteiger partial charge in [0, 0.05) is 3.92 Å². The predicted molar refractivity (Wildman–Crippen MR) is 62.2 cm³/mol. The van der Waals surface area contributed by atoms with Gasteiger partial charge in [-0.25, -0.2) is 9.59 Å². The standard InChI is InChI=1S/C9H14INO4/c1-8(2,3)15-7(14)11-9(6(12)13)4-5(9)10/h5H,4H2,1-3H3,(H,11,14)(H,12,13)/t5-,9-/m1/s1. The molecule has 0 spiro atoms. The summed E-state index contributed by atoms with van der Waals surface area (Å²) in [6.45, 7) is 5.19. The number of halogens is 1. The van der Waals surface area contributed by atoms with Crippen LogP contribution in [0.25, 0.3) is 0 Å². The van der Waals surface area contributed by atoms with Crippen molar-refractivity contribution in [3.63, 3.8) is 0 Å². The molecule has 1 rings (SSSR count). The van der Waals surface area contributed by atoms with Crippen LogP contribution in [-0.4, -0.2) is 32.2 Å². The lowest BCUT2D eigenvalue weighted by molar-refractivity contribution is -0.140. The fraction of sp³-hybridized carbons (Fsp3) is 0.778. The molecule has 86 valence electrons. The molecule has 6 heteroatoms. The number of ether oxygens (including phenoxy) is 1. The number of carbonyl (C=O) groups excluding carboxylic acids is 1. The van der Waals surface area contributed by atoms with Gasteiger partial charge in [-0.05, 0) is 27.2 Å². The SMILES string of the molecule is CC(C)(C)OC(=O)N[C@]1(C(=O)O)C[C@H]1I. The van der Waals surface area contributed by atoms with E-state index in [2.05, 4.69) is 5.32 Å². The molecule has 2 N–H and O–H groups in total. The zero-order valence-corrected chi connectivity index (χ0v) is 11.0. The van der Waals surface area contributed by atoms with E-state index in [1.54, 1.807) is 20.8 Å². The van der Waals surface area contributed by atoms with Crippen LogP contribution in [0.4, 0.5) is 4.79 Å². The molecule has 1 aliphatic rings. The zero-order valence-electron chi connectivity index (χ0n) is 8.83. The van der Waals surface area contributed by atoms with E-state index in [1.807, 2.05) is 22.6 Å². The van der Waals surface area contributed by atoms with Gasteiger partial charge in [-0.2, -0.15) is 0 Å². The van der Waals surface area contributed by atoms with Gasteiger partial charge in [0.15, 0.2) is 5.54 Å². The number of nitrogens with one attached hydrogen (secondary N) is 1.